The van der Waals surface area contributed by atoms with Crippen molar-refractivity contribution in [1.29, 1.82) is 0 Å². The lowest BCUT2D eigenvalue weighted by Gasteiger charge is -2.18. The van der Waals surface area contributed by atoms with Crippen LogP contribution in [0.3, 0.4) is 0 Å². The Labute approximate surface area is 385 Å². The molecule has 0 aliphatic carbocycles. The Balaban J connectivity index is 4.29. The summed E-state index contributed by atoms with van der Waals surface area (Å²) in [5, 5.41) is 0. The maximum absolute atomic E-state index is 12.6. The van der Waals surface area contributed by atoms with E-state index in [0.29, 0.717) is 19.4 Å². The molecule has 0 bridgehead atoms. The van der Waals surface area contributed by atoms with Crippen molar-refractivity contribution in [2.45, 2.75) is 258 Å². The van der Waals surface area contributed by atoms with E-state index < -0.39 is 6.10 Å². The average molecular weight is 865 g/mol. The lowest BCUT2D eigenvalue weighted by Crippen LogP contribution is -2.29. The van der Waals surface area contributed by atoms with Gasteiger partial charge in [0.2, 0.25) is 0 Å². The van der Waals surface area contributed by atoms with E-state index in [1.807, 2.05) is 0 Å². The molecule has 0 aromatic heterocycles. The Morgan fingerprint density at radius 1 is 0.355 bits per heavy atom. The van der Waals surface area contributed by atoms with Gasteiger partial charge in [-0.2, -0.15) is 0 Å². The van der Waals surface area contributed by atoms with Gasteiger partial charge in [0.25, 0.3) is 0 Å². The molecule has 62 heavy (non-hydrogen) atoms. The largest absolute Gasteiger partial charge is 0.463 e. The minimum absolute atomic E-state index is 0.137. The second-order valence-electron chi connectivity index (χ2n) is 17.4. The van der Waals surface area contributed by atoms with Crippen molar-refractivity contribution in [2.75, 3.05) is 19.8 Å². The van der Waals surface area contributed by atoms with Crippen molar-refractivity contribution < 1.29 is 23.8 Å². The normalized spacial score (nSPS) is 12.8. The standard InChI is InChI=1S/C57H100O5/c1-4-7-10-13-16-19-22-24-26-28-29-30-31-33-36-39-42-45-48-51-57(59)62-54-55(53-61-56(58)50-47-44-41-38-35-21-18-15-12-9-6-3)60-52-49-46-43-40-37-34-32-27-25-23-20-17-14-11-8-5-2/h7,10,15-16,18-19,24,26,29-30,33,36,55H,4-6,8-9,11-14,17,20-23,25,27-28,31-32,34-35,37-54H2,1-3H3/b10-7-,18-15-,19-16-,26-24-,30-29-,36-33-/t55-/m0/s1. The van der Waals surface area contributed by atoms with Gasteiger partial charge in [0, 0.05) is 19.4 Å². The first-order valence-electron chi connectivity index (χ1n) is 26.5. The molecule has 0 spiro atoms. The quantitative estimate of drug-likeness (QED) is 0.0346. The molecule has 0 fully saturated rings. The predicted molar refractivity (Wildman–Crippen MR) is 270 cm³/mol. The summed E-state index contributed by atoms with van der Waals surface area (Å²) in [5.74, 6) is -0.377. The zero-order chi connectivity index (χ0) is 44.9. The van der Waals surface area contributed by atoms with Gasteiger partial charge in [-0.15, -0.1) is 0 Å². The summed E-state index contributed by atoms with van der Waals surface area (Å²) < 4.78 is 17.4. The summed E-state index contributed by atoms with van der Waals surface area (Å²) >= 11 is 0. The fourth-order valence-electron chi connectivity index (χ4n) is 7.26. The summed E-state index contributed by atoms with van der Waals surface area (Å²) in [4.78, 5) is 25.2. The number of esters is 2. The van der Waals surface area contributed by atoms with E-state index in [1.54, 1.807) is 0 Å². The van der Waals surface area contributed by atoms with Crippen LogP contribution in [0, 0.1) is 0 Å². The lowest BCUT2D eigenvalue weighted by molar-refractivity contribution is -0.155. The number of ether oxygens (including phenoxy) is 3. The van der Waals surface area contributed by atoms with Crippen LogP contribution >= 0.6 is 0 Å². The highest BCUT2D eigenvalue weighted by Gasteiger charge is 2.16. The van der Waals surface area contributed by atoms with Gasteiger partial charge in [0.1, 0.15) is 19.3 Å². The Hall–Kier alpha value is -2.66. The third-order valence-corrected chi connectivity index (χ3v) is 11.3. The first kappa shape index (κ1) is 59.3. The molecule has 0 aromatic carbocycles. The van der Waals surface area contributed by atoms with Crippen LogP contribution in [-0.2, 0) is 23.8 Å². The molecular formula is C57H100O5. The first-order valence-corrected chi connectivity index (χ1v) is 26.5. The van der Waals surface area contributed by atoms with Crippen molar-refractivity contribution in [3.8, 4) is 0 Å². The van der Waals surface area contributed by atoms with Crippen molar-refractivity contribution >= 4 is 11.9 Å². The SMILES string of the molecule is CC/C=C\C/C=C\C/C=C\C/C=C\C/C=C\CCCCCC(=O)OC[C@H](COC(=O)CCCCCCC/C=C\CCCC)OCCCCCCCCCCCCCCCCCC. The topological polar surface area (TPSA) is 61.8 Å². The van der Waals surface area contributed by atoms with E-state index >= 15 is 0 Å². The zero-order valence-electron chi connectivity index (χ0n) is 41.1. The molecule has 0 saturated heterocycles. The molecule has 0 heterocycles. The molecule has 0 aliphatic heterocycles. The van der Waals surface area contributed by atoms with Crippen LogP contribution in [0.25, 0.3) is 0 Å². The molecule has 5 nitrogen and oxygen atoms in total. The third kappa shape index (κ3) is 50.0. The number of allylic oxidation sites excluding steroid dienone is 12. The van der Waals surface area contributed by atoms with Gasteiger partial charge in [0.05, 0.1) is 0 Å². The van der Waals surface area contributed by atoms with Crippen molar-refractivity contribution in [3.63, 3.8) is 0 Å². The van der Waals surface area contributed by atoms with Crippen LogP contribution < -0.4 is 0 Å². The first-order chi connectivity index (χ1) is 30.6. The van der Waals surface area contributed by atoms with E-state index in [0.717, 1.165) is 96.3 Å². The smallest absolute Gasteiger partial charge is 0.305 e. The molecule has 358 valence electrons. The molecule has 0 amide bonds. The molecule has 0 saturated carbocycles. The van der Waals surface area contributed by atoms with Crippen molar-refractivity contribution in [2.24, 2.45) is 0 Å². The Morgan fingerprint density at radius 3 is 1.11 bits per heavy atom. The van der Waals surface area contributed by atoms with Crippen LogP contribution in [0.15, 0.2) is 72.9 Å². The lowest BCUT2D eigenvalue weighted by atomic mass is 10.0. The summed E-state index contributed by atoms with van der Waals surface area (Å²) in [6.07, 6.45) is 67.9. The van der Waals surface area contributed by atoms with E-state index in [-0.39, 0.29) is 25.2 Å². The fourth-order valence-corrected chi connectivity index (χ4v) is 7.26. The highest BCUT2D eigenvalue weighted by Crippen LogP contribution is 2.15. The average Bonchev–Trinajstić information content (AvgIpc) is 3.28. The minimum atomic E-state index is -0.417. The maximum Gasteiger partial charge on any atom is 0.305 e. The highest BCUT2D eigenvalue weighted by molar-refractivity contribution is 5.69. The number of hydrogen-bond donors (Lipinski definition) is 0. The highest BCUT2D eigenvalue weighted by atomic mass is 16.6. The van der Waals surface area contributed by atoms with E-state index in [9.17, 15) is 9.59 Å². The monoisotopic (exact) mass is 865 g/mol. The Bertz CT molecular complexity index is 1110. The second-order valence-corrected chi connectivity index (χ2v) is 17.4. The van der Waals surface area contributed by atoms with E-state index in [2.05, 4.69) is 93.7 Å². The third-order valence-electron chi connectivity index (χ3n) is 11.3. The predicted octanol–water partition coefficient (Wildman–Crippen LogP) is 17.9. The molecule has 0 aliphatic rings. The van der Waals surface area contributed by atoms with Gasteiger partial charge in [-0.25, -0.2) is 0 Å². The van der Waals surface area contributed by atoms with Gasteiger partial charge >= 0.3 is 11.9 Å². The molecule has 5 heteroatoms. The van der Waals surface area contributed by atoms with Gasteiger partial charge in [0.15, 0.2) is 0 Å². The summed E-state index contributed by atoms with van der Waals surface area (Å²) in [7, 11) is 0. The van der Waals surface area contributed by atoms with Crippen LogP contribution in [0.2, 0.25) is 0 Å². The van der Waals surface area contributed by atoms with Crippen LogP contribution in [-0.4, -0.2) is 37.9 Å². The molecular weight excluding hydrogens is 765 g/mol. The number of carbonyl (C=O) groups is 2. The van der Waals surface area contributed by atoms with Gasteiger partial charge < -0.3 is 14.2 Å². The molecule has 1 atom stereocenters. The number of unbranched alkanes of at least 4 members (excludes halogenated alkanes) is 25. The molecule has 0 N–H and O–H groups in total. The van der Waals surface area contributed by atoms with Crippen LogP contribution in [0.1, 0.15) is 252 Å². The van der Waals surface area contributed by atoms with Gasteiger partial charge in [-0.3, -0.25) is 9.59 Å². The second kappa shape index (κ2) is 52.7. The van der Waals surface area contributed by atoms with Crippen LogP contribution in [0.5, 0.6) is 0 Å². The molecule has 0 rings (SSSR count). The number of rotatable bonds is 48. The Morgan fingerprint density at radius 2 is 0.677 bits per heavy atom. The van der Waals surface area contributed by atoms with Gasteiger partial charge in [-0.05, 0) is 83.5 Å². The van der Waals surface area contributed by atoms with E-state index in [4.69, 9.17) is 14.2 Å². The van der Waals surface area contributed by atoms with E-state index in [1.165, 1.54) is 122 Å². The maximum atomic E-state index is 12.6. The Kier molecular flexibility index (Phi) is 50.4. The van der Waals surface area contributed by atoms with Crippen LogP contribution in [0.4, 0.5) is 0 Å². The summed E-state index contributed by atoms with van der Waals surface area (Å²) in [6.45, 7) is 7.55. The molecule has 0 aromatic rings. The summed E-state index contributed by atoms with van der Waals surface area (Å²) in [6, 6.07) is 0. The van der Waals surface area contributed by atoms with Crippen molar-refractivity contribution in [3.05, 3.63) is 72.9 Å². The molecule has 0 unspecified atom stereocenters. The zero-order valence-corrected chi connectivity index (χ0v) is 41.1. The minimum Gasteiger partial charge on any atom is -0.463 e. The number of hydrogen-bond acceptors (Lipinski definition) is 5. The fraction of sp³-hybridized carbons (Fsp3) is 0.754. The molecule has 0 radical (unpaired) electrons. The van der Waals surface area contributed by atoms with Crippen molar-refractivity contribution in [1.82, 2.24) is 0 Å². The number of carbonyl (C=O) groups excluding carboxylic acids is 2. The van der Waals surface area contributed by atoms with Gasteiger partial charge in [-0.1, -0.05) is 229 Å². The summed E-state index contributed by atoms with van der Waals surface area (Å²) in [5.41, 5.74) is 0.